The zero-order valence-corrected chi connectivity index (χ0v) is 5.86. The Morgan fingerprint density at radius 1 is 1.36 bits per heavy atom. The van der Waals surface area contributed by atoms with Crippen LogP contribution in [0.1, 0.15) is 5.56 Å². The lowest BCUT2D eigenvalue weighted by Gasteiger charge is -2.14. The average Bonchev–Trinajstić information content (AvgIpc) is 2.29. The highest BCUT2D eigenvalue weighted by atomic mass is 15.0. The van der Waals surface area contributed by atoms with Crippen LogP contribution < -0.4 is 11.5 Å². The fourth-order valence-corrected chi connectivity index (χ4v) is 1.08. The molecule has 2 rings (SSSR count). The van der Waals surface area contributed by atoms with Gasteiger partial charge in [-0.15, -0.1) is 0 Å². The van der Waals surface area contributed by atoms with Crippen molar-refractivity contribution in [2.45, 2.75) is 5.66 Å². The number of aromatic nitrogens is 1. The number of aliphatic imine (C=N–C) groups is 1. The Bertz CT molecular complexity index is 316. The van der Waals surface area contributed by atoms with Gasteiger partial charge in [-0.25, -0.2) is 0 Å². The second-order valence-electron chi connectivity index (χ2n) is 2.58. The van der Waals surface area contributed by atoms with Gasteiger partial charge in [-0.3, -0.25) is 9.98 Å². The first-order chi connectivity index (χ1) is 5.20. The molecule has 4 nitrogen and oxygen atoms in total. The lowest BCUT2D eigenvalue weighted by molar-refractivity contribution is 0.663. The second kappa shape index (κ2) is 1.87. The summed E-state index contributed by atoms with van der Waals surface area (Å²) in [6.45, 7) is 0. The molecular formula is C7H8N4. The minimum Gasteiger partial charge on any atom is -0.305 e. The van der Waals surface area contributed by atoms with Crippen molar-refractivity contribution in [1.29, 1.82) is 0 Å². The van der Waals surface area contributed by atoms with Gasteiger partial charge in [0, 0.05) is 24.2 Å². The van der Waals surface area contributed by atoms with Crippen LogP contribution in [0, 0.1) is 0 Å². The highest BCUT2D eigenvalue weighted by Gasteiger charge is 2.27. The molecule has 0 radical (unpaired) electrons. The van der Waals surface area contributed by atoms with Gasteiger partial charge in [-0.2, -0.15) is 0 Å². The molecule has 1 aliphatic rings. The van der Waals surface area contributed by atoms with Crippen molar-refractivity contribution >= 4 is 11.9 Å². The molecule has 4 N–H and O–H groups in total. The predicted molar refractivity (Wildman–Crippen MR) is 42.4 cm³/mol. The fourth-order valence-electron chi connectivity index (χ4n) is 1.08. The van der Waals surface area contributed by atoms with Gasteiger partial charge in [-0.1, -0.05) is 0 Å². The molecule has 1 aromatic heterocycles. The minimum absolute atomic E-state index is 0.778. The number of nitrogens with two attached hydrogens (primary N) is 2. The van der Waals surface area contributed by atoms with E-state index in [0.717, 1.165) is 11.3 Å². The Morgan fingerprint density at radius 3 is 2.91 bits per heavy atom. The van der Waals surface area contributed by atoms with Crippen molar-refractivity contribution in [3.63, 3.8) is 0 Å². The van der Waals surface area contributed by atoms with E-state index in [2.05, 4.69) is 9.98 Å². The first kappa shape index (κ1) is 6.45. The number of nitrogens with zero attached hydrogens (tertiary/aromatic N) is 2. The van der Waals surface area contributed by atoms with E-state index in [9.17, 15) is 0 Å². The van der Waals surface area contributed by atoms with Gasteiger partial charge in [0.1, 0.15) is 5.66 Å². The first-order valence-electron chi connectivity index (χ1n) is 3.27. The molecule has 0 unspecified atom stereocenters. The molecule has 0 atom stereocenters. The molecule has 1 aliphatic heterocycles. The van der Waals surface area contributed by atoms with E-state index >= 15 is 0 Å². The predicted octanol–water partition coefficient (Wildman–Crippen LogP) is -0.132. The Labute approximate surface area is 64.0 Å². The highest BCUT2D eigenvalue weighted by Crippen LogP contribution is 2.28. The first-order valence-corrected chi connectivity index (χ1v) is 3.27. The van der Waals surface area contributed by atoms with Gasteiger partial charge in [0.05, 0.1) is 5.69 Å². The highest BCUT2D eigenvalue weighted by molar-refractivity contribution is 5.83. The molecule has 0 bridgehead atoms. The zero-order valence-electron chi connectivity index (χ0n) is 5.86. The normalized spacial score (nSPS) is 18.4. The van der Waals surface area contributed by atoms with E-state index in [1.165, 1.54) is 6.21 Å². The number of pyridine rings is 1. The molecule has 0 amide bonds. The molecule has 0 saturated carbocycles. The quantitative estimate of drug-likeness (QED) is 0.503. The molecule has 56 valence electrons. The SMILES string of the molecule is NC1(N)C=Nc2ccncc21. The molecule has 0 fully saturated rings. The molecule has 0 spiro atoms. The number of rotatable bonds is 0. The van der Waals surface area contributed by atoms with Gasteiger partial charge in [0.25, 0.3) is 0 Å². The minimum atomic E-state index is -0.927. The maximum absolute atomic E-state index is 5.68. The van der Waals surface area contributed by atoms with E-state index in [1.54, 1.807) is 18.5 Å². The molecule has 4 heteroatoms. The summed E-state index contributed by atoms with van der Waals surface area (Å²) in [6.07, 6.45) is 4.83. The second-order valence-corrected chi connectivity index (χ2v) is 2.58. The van der Waals surface area contributed by atoms with Gasteiger partial charge >= 0.3 is 0 Å². The summed E-state index contributed by atoms with van der Waals surface area (Å²) >= 11 is 0. The van der Waals surface area contributed by atoms with E-state index in [0.29, 0.717) is 0 Å². The Morgan fingerprint density at radius 2 is 2.18 bits per heavy atom. The number of fused-ring (bicyclic) bond motifs is 1. The maximum atomic E-state index is 5.68. The van der Waals surface area contributed by atoms with E-state index in [4.69, 9.17) is 11.5 Å². The summed E-state index contributed by atoms with van der Waals surface area (Å²) in [7, 11) is 0. The van der Waals surface area contributed by atoms with Crippen molar-refractivity contribution in [2.75, 3.05) is 0 Å². The van der Waals surface area contributed by atoms with Crippen LogP contribution in [-0.2, 0) is 5.66 Å². The van der Waals surface area contributed by atoms with Crippen LogP contribution in [0.2, 0.25) is 0 Å². The molecule has 0 aromatic carbocycles. The average molecular weight is 148 g/mol. The molecular weight excluding hydrogens is 140 g/mol. The largest absolute Gasteiger partial charge is 0.305 e. The van der Waals surface area contributed by atoms with Crippen LogP contribution in [0.25, 0.3) is 0 Å². The number of hydrogen-bond donors (Lipinski definition) is 2. The smallest absolute Gasteiger partial charge is 0.130 e. The summed E-state index contributed by atoms with van der Waals surface area (Å²) in [5, 5.41) is 0. The monoisotopic (exact) mass is 148 g/mol. The Kier molecular flexibility index (Phi) is 1.10. The van der Waals surface area contributed by atoms with Crippen molar-refractivity contribution in [3.8, 4) is 0 Å². The van der Waals surface area contributed by atoms with Gasteiger partial charge in [-0.05, 0) is 6.07 Å². The summed E-state index contributed by atoms with van der Waals surface area (Å²) in [4.78, 5) is 7.95. The molecule has 2 heterocycles. The Balaban J connectivity index is 2.64. The lowest BCUT2D eigenvalue weighted by atomic mass is 10.1. The van der Waals surface area contributed by atoms with Crippen LogP contribution in [0.3, 0.4) is 0 Å². The van der Waals surface area contributed by atoms with Gasteiger partial charge in [0.15, 0.2) is 0 Å². The zero-order chi connectivity index (χ0) is 7.90. The third kappa shape index (κ3) is 0.840. The molecule has 11 heavy (non-hydrogen) atoms. The van der Waals surface area contributed by atoms with Crippen LogP contribution >= 0.6 is 0 Å². The van der Waals surface area contributed by atoms with Gasteiger partial charge in [0.2, 0.25) is 0 Å². The number of hydrogen-bond acceptors (Lipinski definition) is 4. The molecule has 0 aliphatic carbocycles. The van der Waals surface area contributed by atoms with Crippen LogP contribution in [0.4, 0.5) is 5.69 Å². The van der Waals surface area contributed by atoms with Crippen LogP contribution in [-0.4, -0.2) is 11.2 Å². The third-order valence-corrected chi connectivity index (χ3v) is 1.68. The van der Waals surface area contributed by atoms with E-state index in [1.807, 2.05) is 0 Å². The standard InChI is InChI=1S/C7H8N4/c8-7(9)4-11-6-1-2-10-3-5(6)7/h1-4H,8-9H2. The van der Waals surface area contributed by atoms with E-state index < -0.39 is 5.66 Å². The summed E-state index contributed by atoms with van der Waals surface area (Å²) in [6, 6.07) is 1.79. The van der Waals surface area contributed by atoms with Gasteiger partial charge < -0.3 is 11.5 Å². The van der Waals surface area contributed by atoms with Crippen molar-refractivity contribution in [3.05, 3.63) is 24.0 Å². The summed E-state index contributed by atoms with van der Waals surface area (Å²) in [5.74, 6) is 0. The van der Waals surface area contributed by atoms with Crippen molar-refractivity contribution in [2.24, 2.45) is 16.5 Å². The van der Waals surface area contributed by atoms with Crippen molar-refractivity contribution < 1.29 is 0 Å². The molecule has 0 saturated heterocycles. The summed E-state index contributed by atoms with van der Waals surface area (Å²) < 4.78 is 0. The van der Waals surface area contributed by atoms with Crippen LogP contribution in [0.15, 0.2) is 23.5 Å². The fraction of sp³-hybridized carbons (Fsp3) is 0.143. The van der Waals surface area contributed by atoms with Crippen LogP contribution in [0.5, 0.6) is 0 Å². The van der Waals surface area contributed by atoms with Crippen molar-refractivity contribution in [1.82, 2.24) is 4.98 Å². The maximum Gasteiger partial charge on any atom is 0.130 e. The lowest BCUT2D eigenvalue weighted by Crippen LogP contribution is -2.45. The Hall–Kier alpha value is -1.26. The summed E-state index contributed by atoms with van der Waals surface area (Å²) in [5.41, 5.74) is 12.0. The third-order valence-electron chi connectivity index (χ3n) is 1.68. The topological polar surface area (TPSA) is 77.3 Å². The van der Waals surface area contributed by atoms with E-state index in [-0.39, 0.29) is 0 Å². The molecule has 1 aromatic rings.